The molecule has 19 heavy (non-hydrogen) atoms. The molecular weight excluding hydrogens is 264 g/mol. The van der Waals surface area contributed by atoms with Crippen LogP contribution in [0.25, 0.3) is 0 Å². The molecule has 0 aromatic carbocycles. The molecule has 4 N–H and O–H groups in total. The molecule has 1 aromatic rings. The van der Waals surface area contributed by atoms with Gasteiger partial charge in [0.1, 0.15) is 10.7 Å². The summed E-state index contributed by atoms with van der Waals surface area (Å²) in [6, 6.07) is 0. The van der Waals surface area contributed by atoms with Gasteiger partial charge in [0, 0.05) is 20.2 Å². The zero-order chi connectivity index (χ0) is 14.3. The van der Waals surface area contributed by atoms with Crippen LogP contribution in [0, 0.1) is 5.92 Å². The van der Waals surface area contributed by atoms with Crippen molar-refractivity contribution in [3.8, 4) is 0 Å². The monoisotopic (exact) mass is 286 g/mol. The minimum Gasteiger partial charge on any atom is -0.383 e. The Morgan fingerprint density at radius 3 is 2.84 bits per heavy atom. The maximum atomic E-state index is 11.9. The van der Waals surface area contributed by atoms with Crippen molar-refractivity contribution in [2.75, 3.05) is 37.9 Å². The van der Waals surface area contributed by atoms with Crippen LogP contribution in [0.2, 0.25) is 0 Å². The fourth-order valence-corrected chi connectivity index (χ4v) is 2.21. The number of nitrogens with zero attached hydrogens (tertiary/aromatic N) is 1. The van der Waals surface area contributed by atoms with Crippen molar-refractivity contribution in [3.05, 3.63) is 4.88 Å². The summed E-state index contributed by atoms with van der Waals surface area (Å²) in [5.74, 6) is 0.674. The highest BCUT2D eigenvalue weighted by molar-refractivity contribution is 7.18. The van der Waals surface area contributed by atoms with Crippen LogP contribution in [0.5, 0.6) is 0 Å². The number of hydrogen-bond donors (Lipinski definition) is 3. The van der Waals surface area contributed by atoms with E-state index >= 15 is 0 Å². The Morgan fingerprint density at radius 1 is 1.47 bits per heavy atom. The third-order valence-electron chi connectivity index (χ3n) is 2.45. The number of hydrogen-bond acceptors (Lipinski definition) is 6. The molecule has 1 rings (SSSR count). The summed E-state index contributed by atoms with van der Waals surface area (Å²) in [7, 11) is 1.63. The normalized spacial score (nSPS) is 10.7. The zero-order valence-electron chi connectivity index (χ0n) is 11.7. The molecule has 0 aliphatic carbocycles. The second kappa shape index (κ2) is 7.96. The number of aromatic nitrogens is 1. The van der Waals surface area contributed by atoms with E-state index in [2.05, 4.69) is 29.5 Å². The van der Waals surface area contributed by atoms with Gasteiger partial charge < -0.3 is 21.1 Å². The molecule has 0 fully saturated rings. The van der Waals surface area contributed by atoms with Crippen molar-refractivity contribution in [1.29, 1.82) is 0 Å². The predicted molar refractivity (Wildman–Crippen MR) is 78.7 cm³/mol. The van der Waals surface area contributed by atoms with Gasteiger partial charge in [-0.2, -0.15) is 0 Å². The zero-order valence-corrected chi connectivity index (χ0v) is 12.5. The Morgan fingerprint density at radius 2 is 2.21 bits per heavy atom. The number of methoxy groups -OCH3 is 1. The van der Waals surface area contributed by atoms with Gasteiger partial charge >= 0.3 is 0 Å². The summed E-state index contributed by atoms with van der Waals surface area (Å²) in [5.41, 5.74) is 5.75. The van der Waals surface area contributed by atoms with E-state index in [1.807, 2.05) is 0 Å². The number of thiazole rings is 1. The molecule has 0 unspecified atom stereocenters. The minimum atomic E-state index is -0.157. The standard InChI is InChI=1S/C12H22N4O2S/c1-8(2)4-5-14-11(17)9-10(13)16-12(19-9)15-6-7-18-3/h8H,4-7,13H2,1-3H3,(H,14,17)(H,15,16). The Labute approximate surface area is 117 Å². The van der Waals surface area contributed by atoms with Crippen molar-refractivity contribution >= 4 is 28.2 Å². The van der Waals surface area contributed by atoms with E-state index in [0.717, 1.165) is 6.42 Å². The van der Waals surface area contributed by atoms with Crippen molar-refractivity contribution in [2.24, 2.45) is 5.92 Å². The molecule has 1 aromatic heterocycles. The van der Waals surface area contributed by atoms with E-state index < -0.39 is 0 Å². The summed E-state index contributed by atoms with van der Waals surface area (Å²) in [6.07, 6.45) is 0.948. The Kier molecular flexibility index (Phi) is 6.58. The number of nitrogen functional groups attached to an aromatic ring is 1. The molecular formula is C12H22N4O2S. The number of rotatable bonds is 8. The summed E-state index contributed by atoms with van der Waals surface area (Å²) in [4.78, 5) is 16.5. The van der Waals surface area contributed by atoms with Crippen LogP contribution in [0.15, 0.2) is 0 Å². The van der Waals surface area contributed by atoms with Crippen LogP contribution >= 0.6 is 11.3 Å². The summed E-state index contributed by atoms with van der Waals surface area (Å²) in [5, 5.41) is 6.55. The number of ether oxygens (including phenoxy) is 1. The maximum Gasteiger partial charge on any atom is 0.265 e. The molecule has 0 bridgehead atoms. The molecule has 0 saturated heterocycles. The van der Waals surface area contributed by atoms with Crippen molar-refractivity contribution in [2.45, 2.75) is 20.3 Å². The van der Waals surface area contributed by atoms with Gasteiger partial charge in [0.2, 0.25) is 0 Å². The van der Waals surface area contributed by atoms with Gasteiger partial charge in [-0.25, -0.2) is 4.98 Å². The topological polar surface area (TPSA) is 89.3 Å². The Hall–Kier alpha value is -1.34. The highest BCUT2D eigenvalue weighted by Gasteiger charge is 2.15. The fraction of sp³-hybridized carbons (Fsp3) is 0.667. The maximum absolute atomic E-state index is 11.9. The quantitative estimate of drug-likeness (QED) is 0.631. The summed E-state index contributed by atoms with van der Waals surface area (Å²) in [6.45, 7) is 6.10. The van der Waals surface area contributed by atoms with Gasteiger partial charge in [-0.3, -0.25) is 4.79 Å². The van der Waals surface area contributed by atoms with Gasteiger partial charge in [0.15, 0.2) is 5.13 Å². The first-order chi connectivity index (χ1) is 9.04. The lowest BCUT2D eigenvalue weighted by Crippen LogP contribution is -2.25. The Bertz CT molecular complexity index is 406. The van der Waals surface area contributed by atoms with Crippen LogP contribution in [0.1, 0.15) is 29.9 Å². The van der Waals surface area contributed by atoms with Crippen molar-refractivity contribution < 1.29 is 9.53 Å². The van der Waals surface area contributed by atoms with E-state index in [-0.39, 0.29) is 11.7 Å². The number of anilines is 2. The van der Waals surface area contributed by atoms with Crippen molar-refractivity contribution in [3.63, 3.8) is 0 Å². The number of amides is 1. The number of carbonyl (C=O) groups is 1. The Balaban J connectivity index is 2.50. The predicted octanol–water partition coefficient (Wildman–Crippen LogP) is 1.56. The molecule has 6 nitrogen and oxygen atoms in total. The molecule has 0 saturated carbocycles. The average Bonchev–Trinajstić information content (AvgIpc) is 2.70. The first kappa shape index (κ1) is 15.7. The van der Waals surface area contributed by atoms with Crippen molar-refractivity contribution in [1.82, 2.24) is 10.3 Å². The van der Waals surface area contributed by atoms with E-state index in [0.29, 0.717) is 35.6 Å². The summed E-state index contributed by atoms with van der Waals surface area (Å²) >= 11 is 1.26. The first-order valence-corrected chi connectivity index (χ1v) is 7.13. The number of nitrogens with two attached hydrogens (primary N) is 1. The first-order valence-electron chi connectivity index (χ1n) is 6.32. The molecule has 0 aliphatic heterocycles. The molecule has 7 heteroatoms. The number of nitrogens with one attached hydrogen (secondary N) is 2. The largest absolute Gasteiger partial charge is 0.383 e. The lowest BCUT2D eigenvalue weighted by molar-refractivity contribution is 0.0956. The van der Waals surface area contributed by atoms with Gasteiger partial charge in [-0.1, -0.05) is 25.2 Å². The molecule has 1 heterocycles. The lowest BCUT2D eigenvalue weighted by atomic mass is 10.1. The number of carbonyl (C=O) groups excluding carboxylic acids is 1. The van der Waals surface area contributed by atoms with Crippen LogP contribution < -0.4 is 16.4 Å². The van der Waals surface area contributed by atoms with Gasteiger partial charge in [-0.05, 0) is 12.3 Å². The SMILES string of the molecule is COCCNc1nc(N)c(C(=O)NCCC(C)C)s1. The highest BCUT2D eigenvalue weighted by atomic mass is 32.1. The smallest absolute Gasteiger partial charge is 0.265 e. The van der Waals surface area contributed by atoms with Crippen LogP contribution in [-0.4, -0.2) is 37.7 Å². The third kappa shape index (κ3) is 5.44. The fourth-order valence-electron chi connectivity index (χ4n) is 1.38. The second-order valence-corrected chi connectivity index (χ2v) is 5.59. The van der Waals surface area contributed by atoms with E-state index in [4.69, 9.17) is 10.5 Å². The molecule has 0 spiro atoms. The van der Waals surface area contributed by atoms with Gasteiger partial charge in [-0.15, -0.1) is 0 Å². The molecule has 0 radical (unpaired) electrons. The lowest BCUT2D eigenvalue weighted by Gasteiger charge is -2.05. The van der Waals surface area contributed by atoms with Crippen LogP contribution in [0.3, 0.4) is 0 Å². The van der Waals surface area contributed by atoms with Crippen LogP contribution in [-0.2, 0) is 4.74 Å². The van der Waals surface area contributed by atoms with E-state index in [9.17, 15) is 4.79 Å². The summed E-state index contributed by atoms with van der Waals surface area (Å²) < 4.78 is 4.93. The molecule has 0 aliphatic rings. The van der Waals surface area contributed by atoms with E-state index in [1.54, 1.807) is 7.11 Å². The molecule has 1 amide bonds. The van der Waals surface area contributed by atoms with Crippen LogP contribution in [0.4, 0.5) is 10.9 Å². The average molecular weight is 286 g/mol. The molecule has 0 atom stereocenters. The third-order valence-corrected chi connectivity index (χ3v) is 3.48. The van der Waals surface area contributed by atoms with Gasteiger partial charge in [0.05, 0.1) is 6.61 Å². The highest BCUT2D eigenvalue weighted by Crippen LogP contribution is 2.24. The van der Waals surface area contributed by atoms with E-state index in [1.165, 1.54) is 11.3 Å². The second-order valence-electron chi connectivity index (χ2n) is 4.59. The minimum absolute atomic E-state index is 0.157. The van der Waals surface area contributed by atoms with Gasteiger partial charge in [0.25, 0.3) is 5.91 Å². The molecule has 108 valence electrons.